The maximum atomic E-state index is 13.4. The quantitative estimate of drug-likeness (QED) is 0.728. The van der Waals surface area contributed by atoms with Crippen LogP contribution < -0.4 is 11.0 Å². The number of carbonyl (C=O) groups excluding carboxylic acids is 1. The zero-order valence-corrected chi connectivity index (χ0v) is 16.0. The monoisotopic (exact) mass is 391 g/mol. The topological polar surface area (TPSA) is 64.0 Å². The van der Waals surface area contributed by atoms with Gasteiger partial charge in [0.1, 0.15) is 11.5 Å². The molecule has 5 nitrogen and oxygen atoms in total. The SMILES string of the molecule is O=C(CC1CC2CCC1C2)Nn1nc(-c2ccc(F)cc2)c2ccccc2c1=O. The average Bonchev–Trinajstić information content (AvgIpc) is 3.34. The van der Waals surface area contributed by atoms with Crippen LogP contribution in [0.1, 0.15) is 32.1 Å². The van der Waals surface area contributed by atoms with E-state index in [1.807, 2.05) is 12.1 Å². The van der Waals surface area contributed by atoms with Gasteiger partial charge in [0.2, 0.25) is 5.91 Å². The number of fused-ring (bicyclic) bond motifs is 3. The van der Waals surface area contributed by atoms with E-state index >= 15 is 0 Å². The van der Waals surface area contributed by atoms with Crippen LogP contribution in [0.15, 0.2) is 53.3 Å². The number of carbonyl (C=O) groups is 1. The predicted octanol–water partition coefficient (Wildman–Crippen LogP) is 4.10. The summed E-state index contributed by atoms with van der Waals surface area (Å²) in [4.78, 5) is 26.6. The Labute approximate surface area is 167 Å². The van der Waals surface area contributed by atoms with Gasteiger partial charge >= 0.3 is 0 Å². The molecule has 0 aliphatic heterocycles. The highest BCUT2D eigenvalue weighted by Gasteiger charge is 2.40. The Morgan fingerprint density at radius 3 is 2.52 bits per heavy atom. The average molecular weight is 391 g/mol. The number of amides is 1. The van der Waals surface area contributed by atoms with Gasteiger partial charge in [0.05, 0.1) is 5.39 Å². The normalized spacial score (nSPS) is 22.9. The molecule has 0 spiro atoms. The Morgan fingerprint density at radius 1 is 1.07 bits per heavy atom. The molecule has 1 heterocycles. The predicted molar refractivity (Wildman–Crippen MR) is 109 cm³/mol. The first-order valence-corrected chi connectivity index (χ1v) is 10.2. The highest BCUT2D eigenvalue weighted by atomic mass is 19.1. The Kier molecular flexibility index (Phi) is 4.42. The van der Waals surface area contributed by atoms with Crippen LogP contribution in [0.5, 0.6) is 0 Å². The Balaban J connectivity index is 1.48. The fourth-order valence-electron chi connectivity index (χ4n) is 5.11. The molecular formula is C23H22FN3O2. The number of benzene rings is 2. The van der Waals surface area contributed by atoms with Crippen LogP contribution in [0.3, 0.4) is 0 Å². The number of nitrogens with zero attached hydrogens (tertiary/aromatic N) is 2. The second kappa shape index (κ2) is 7.10. The first kappa shape index (κ1) is 18.0. The fourth-order valence-corrected chi connectivity index (χ4v) is 5.11. The summed E-state index contributed by atoms with van der Waals surface area (Å²) >= 11 is 0. The number of halogens is 1. The van der Waals surface area contributed by atoms with Crippen molar-refractivity contribution in [1.29, 1.82) is 0 Å². The summed E-state index contributed by atoms with van der Waals surface area (Å²) in [5, 5.41) is 5.54. The smallest absolute Gasteiger partial charge is 0.273 e. The van der Waals surface area contributed by atoms with Crippen molar-refractivity contribution in [3.63, 3.8) is 0 Å². The summed E-state index contributed by atoms with van der Waals surface area (Å²) in [6.07, 6.45) is 5.27. The summed E-state index contributed by atoms with van der Waals surface area (Å²) in [7, 11) is 0. The molecule has 2 aromatic carbocycles. The van der Waals surface area contributed by atoms with Crippen LogP contribution in [0.2, 0.25) is 0 Å². The molecule has 148 valence electrons. The molecule has 5 rings (SSSR count). The summed E-state index contributed by atoms with van der Waals surface area (Å²) < 4.78 is 13.4. The van der Waals surface area contributed by atoms with Crippen molar-refractivity contribution in [2.24, 2.45) is 17.8 Å². The van der Waals surface area contributed by atoms with Gasteiger partial charge in [0, 0.05) is 17.4 Å². The van der Waals surface area contributed by atoms with Gasteiger partial charge in [-0.05, 0) is 67.3 Å². The van der Waals surface area contributed by atoms with Crippen LogP contribution >= 0.6 is 0 Å². The standard InChI is InChI=1S/C23H22FN3O2/c24-18-9-7-15(8-10-18)22-19-3-1-2-4-20(19)23(29)27(26-22)25-21(28)13-17-12-14-5-6-16(17)11-14/h1-4,7-10,14,16-17H,5-6,11-13H2,(H,25,28). The lowest BCUT2D eigenvalue weighted by molar-refractivity contribution is -0.118. The second-order valence-corrected chi connectivity index (χ2v) is 8.29. The molecule has 2 saturated carbocycles. The summed E-state index contributed by atoms with van der Waals surface area (Å²) in [6, 6.07) is 13.1. The second-order valence-electron chi connectivity index (χ2n) is 8.29. The third-order valence-electron chi connectivity index (χ3n) is 6.49. The van der Waals surface area contributed by atoms with Gasteiger partial charge < -0.3 is 0 Å². The number of hydrogen-bond donors (Lipinski definition) is 1. The van der Waals surface area contributed by atoms with Crippen LogP contribution in [-0.2, 0) is 4.79 Å². The van der Waals surface area contributed by atoms with Crippen molar-refractivity contribution >= 4 is 16.7 Å². The molecule has 2 aliphatic rings. The Morgan fingerprint density at radius 2 is 1.83 bits per heavy atom. The molecule has 0 radical (unpaired) electrons. The molecule has 6 heteroatoms. The Bertz CT molecular complexity index is 1140. The number of hydrogen-bond acceptors (Lipinski definition) is 3. The van der Waals surface area contributed by atoms with Crippen LogP contribution in [0, 0.1) is 23.6 Å². The molecule has 3 atom stereocenters. The summed E-state index contributed by atoms with van der Waals surface area (Å²) in [5.74, 6) is 1.29. The highest BCUT2D eigenvalue weighted by molar-refractivity contribution is 5.94. The van der Waals surface area contributed by atoms with Crippen molar-refractivity contribution in [3.05, 3.63) is 64.7 Å². The summed E-state index contributed by atoms with van der Waals surface area (Å²) in [5.41, 5.74) is 3.53. The Hall–Kier alpha value is -3.02. The lowest BCUT2D eigenvalue weighted by atomic mass is 9.86. The molecule has 2 aliphatic carbocycles. The zero-order chi connectivity index (χ0) is 20.0. The molecule has 3 unspecified atom stereocenters. The molecule has 1 N–H and O–H groups in total. The van der Waals surface area contributed by atoms with E-state index in [4.69, 9.17) is 0 Å². The number of nitrogens with one attached hydrogen (secondary N) is 1. The zero-order valence-electron chi connectivity index (χ0n) is 16.0. The fraction of sp³-hybridized carbons (Fsp3) is 0.348. The van der Waals surface area contributed by atoms with Crippen molar-refractivity contribution in [3.8, 4) is 11.3 Å². The van der Waals surface area contributed by atoms with Gasteiger partial charge in [-0.3, -0.25) is 9.59 Å². The molecule has 0 saturated heterocycles. The third kappa shape index (κ3) is 3.33. The van der Waals surface area contributed by atoms with Crippen molar-refractivity contribution in [2.45, 2.75) is 32.1 Å². The van der Waals surface area contributed by atoms with Gasteiger partial charge in [0.25, 0.3) is 5.56 Å². The maximum absolute atomic E-state index is 13.4. The van der Waals surface area contributed by atoms with E-state index in [2.05, 4.69) is 10.5 Å². The first-order chi connectivity index (χ1) is 14.1. The van der Waals surface area contributed by atoms with E-state index < -0.39 is 0 Å². The minimum atomic E-state index is -0.368. The van der Waals surface area contributed by atoms with Crippen LogP contribution in [0.4, 0.5) is 4.39 Å². The lowest BCUT2D eigenvalue weighted by Gasteiger charge is -2.21. The van der Waals surface area contributed by atoms with E-state index in [0.717, 1.165) is 17.1 Å². The van der Waals surface area contributed by atoms with E-state index in [-0.39, 0.29) is 17.3 Å². The van der Waals surface area contributed by atoms with Crippen molar-refractivity contribution < 1.29 is 9.18 Å². The molecule has 1 aromatic heterocycles. The molecular weight excluding hydrogens is 369 g/mol. The minimum absolute atomic E-state index is 0.183. The number of aromatic nitrogens is 2. The number of rotatable bonds is 4. The van der Waals surface area contributed by atoms with Gasteiger partial charge in [-0.1, -0.05) is 24.6 Å². The van der Waals surface area contributed by atoms with Crippen molar-refractivity contribution in [2.75, 3.05) is 5.43 Å². The molecule has 1 amide bonds. The molecule has 2 bridgehead atoms. The maximum Gasteiger partial charge on any atom is 0.294 e. The van der Waals surface area contributed by atoms with Gasteiger partial charge in [-0.15, -0.1) is 9.89 Å². The van der Waals surface area contributed by atoms with E-state index in [9.17, 15) is 14.0 Å². The molecule has 3 aromatic rings. The van der Waals surface area contributed by atoms with Crippen LogP contribution in [0.25, 0.3) is 22.0 Å². The van der Waals surface area contributed by atoms with Gasteiger partial charge in [0.15, 0.2) is 0 Å². The first-order valence-electron chi connectivity index (χ1n) is 10.2. The summed E-state index contributed by atoms with van der Waals surface area (Å²) in [6.45, 7) is 0. The van der Waals surface area contributed by atoms with E-state index in [1.54, 1.807) is 24.3 Å². The van der Waals surface area contributed by atoms with Gasteiger partial charge in [-0.2, -0.15) is 0 Å². The van der Waals surface area contributed by atoms with Crippen molar-refractivity contribution in [1.82, 2.24) is 9.89 Å². The largest absolute Gasteiger partial charge is 0.294 e. The molecule has 29 heavy (non-hydrogen) atoms. The molecule has 2 fully saturated rings. The highest BCUT2D eigenvalue weighted by Crippen LogP contribution is 2.49. The third-order valence-corrected chi connectivity index (χ3v) is 6.49. The van der Waals surface area contributed by atoms with E-state index in [1.165, 1.54) is 31.4 Å². The minimum Gasteiger partial charge on any atom is -0.273 e. The van der Waals surface area contributed by atoms with E-state index in [0.29, 0.717) is 40.3 Å². The lowest BCUT2D eigenvalue weighted by Crippen LogP contribution is -2.36. The van der Waals surface area contributed by atoms with Gasteiger partial charge in [-0.25, -0.2) is 9.82 Å². The van der Waals surface area contributed by atoms with Crippen LogP contribution in [-0.4, -0.2) is 15.8 Å².